The van der Waals surface area contributed by atoms with Crippen molar-refractivity contribution in [1.29, 1.82) is 0 Å². The lowest BCUT2D eigenvalue weighted by molar-refractivity contribution is -0.137. The summed E-state index contributed by atoms with van der Waals surface area (Å²) in [4.78, 5) is 24.6. The number of sulfonamides is 1. The normalized spacial score (nSPS) is 11.8. The molecule has 0 radical (unpaired) electrons. The lowest BCUT2D eigenvalue weighted by Crippen LogP contribution is -2.36. The number of rotatable bonds is 8. The molecule has 0 saturated carbocycles. The highest BCUT2D eigenvalue weighted by molar-refractivity contribution is 7.89. The van der Waals surface area contributed by atoms with Gasteiger partial charge in [0.15, 0.2) is 0 Å². The van der Waals surface area contributed by atoms with E-state index in [9.17, 15) is 18.0 Å². The van der Waals surface area contributed by atoms with Crippen molar-refractivity contribution in [3.63, 3.8) is 0 Å². The van der Waals surface area contributed by atoms with Crippen molar-refractivity contribution in [2.75, 3.05) is 20.1 Å². The molecule has 0 fully saturated rings. The van der Waals surface area contributed by atoms with Crippen LogP contribution in [0.5, 0.6) is 0 Å². The third-order valence-electron chi connectivity index (χ3n) is 3.59. The summed E-state index contributed by atoms with van der Waals surface area (Å²) in [7, 11) is -2.23. The zero-order valence-electron chi connectivity index (χ0n) is 14.4. The van der Waals surface area contributed by atoms with Gasteiger partial charge in [0.05, 0.1) is 4.90 Å². The average Bonchev–Trinajstić information content (AvgIpc) is 2.52. The number of nitrogens with zero attached hydrogens (tertiary/aromatic N) is 2. The highest BCUT2D eigenvalue weighted by Crippen LogP contribution is 2.19. The molecule has 0 aliphatic carbocycles. The van der Waals surface area contributed by atoms with Gasteiger partial charge in [-0.15, -0.1) is 0 Å². The van der Waals surface area contributed by atoms with E-state index in [0.717, 1.165) is 0 Å². The minimum Gasteiger partial charge on any atom is -0.480 e. The van der Waals surface area contributed by atoms with E-state index >= 15 is 0 Å². The molecule has 24 heavy (non-hydrogen) atoms. The third kappa shape index (κ3) is 4.78. The molecule has 8 heteroatoms. The number of carboxylic acid groups (broad SMARTS) is 1. The first kappa shape index (κ1) is 20.1. The summed E-state index contributed by atoms with van der Waals surface area (Å²) < 4.78 is 26.3. The zero-order chi connectivity index (χ0) is 18.5. The van der Waals surface area contributed by atoms with Crippen molar-refractivity contribution in [2.45, 2.75) is 38.1 Å². The molecule has 1 rings (SSSR count). The molecule has 0 bridgehead atoms. The van der Waals surface area contributed by atoms with Crippen molar-refractivity contribution < 1.29 is 23.1 Å². The monoisotopic (exact) mass is 356 g/mol. The van der Waals surface area contributed by atoms with Gasteiger partial charge in [0, 0.05) is 25.2 Å². The standard InChI is InChI=1S/C16H24N2O5S/c1-5-9-18(11-15(19)20)16(21)13-7-6-8-14(10-13)24(22,23)17(4)12(2)3/h6-8,10,12H,5,9,11H2,1-4H3,(H,19,20). The first-order valence-corrected chi connectivity index (χ1v) is 9.14. The van der Waals surface area contributed by atoms with Crippen LogP contribution in [0.2, 0.25) is 0 Å². The molecule has 1 aromatic carbocycles. The molecule has 1 amide bonds. The molecule has 0 saturated heterocycles. The highest BCUT2D eigenvalue weighted by Gasteiger charge is 2.25. The van der Waals surface area contributed by atoms with Crippen LogP contribution < -0.4 is 0 Å². The van der Waals surface area contributed by atoms with Gasteiger partial charge in [-0.2, -0.15) is 4.31 Å². The fourth-order valence-corrected chi connectivity index (χ4v) is 3.52. The van der Waals surface area contributed by atoms with Gasteiger partial charge in [-0.3, -0.25) is 9.59 Å². The van der Waals surface area contributed by atoms with Crippen molar-refractivity contribution in [3.8, 4) is 0 Å². The van der Waals surface area contributed by atoms with E-state index in [2.05, 4.69) is 0 Å². The molecule has 0 aliphatic heterocycles. The van der Waals surface area contributed by atoms with Crippen LogP contribution in [-0.2, 0) is 14.8 Å². The number of aliphatic carboxylic acids is 1. The Morgan fingerprint density at radius 3 is 2.38 bits per heavy atom. The van der Waals surface area contributed by atoms with Crippen molar-refractivity contribution in [1.82, 2.24) is 9.21 Å². The van der Waals surface area contributed by atoms with E-state index in [1.165, 1.54) is 40.5 Å². The Balaban J connectivity index is 3.19. The summed E-state index contributed by atoms with van der Waals surface area (Å²) in [5, 5.41) is 8.93. The van der Waals surface area contributed by atoms with Gasteiger partial charge in [0.25, 0.3) is 5.91 Å². The van der Waals surface area contributed by atoms with Crippen LogP contribution in [0, 0.1) is 0 Å². The first-order chi connectivity index (χ1) is 11.1. The molecule has 0 unspecified atom stereocenters. The van der Waals surface area contributed by atoms with E-state index in [0.29, 0.717) is 6.42 Å². The average molecular weight is 356 g/mol. The van der Waals surface area contributed by atoms with Crippen LogP contribution in [0.4, 0.5) is 0 Å². The van der Waals surface area contributed by atoms with E-state index in [-0.39, 0.29) is 23.0 Å². The topological polar surface area (TPSA) is 95.0 Å². The molecule has 7 nitrogen and oxygen atoms in total. The van der Waals surface area contributed by atoms with E-state index in [1.54, 1.807) is 13.8 Å². The smallest absolute Gasteiger partial charge is 0.323 e. The van der Waals surface area contributed by atoms with Gasteiger partial charge >= 0.3 is 5.97 Å². The number of hydrogen-bond donors (Lipinski definition) is 1. The zero-order valence-corrected chi connectivity index (χ0v) is 15.2. The molecule has 0 aromatic heterocycles. The number of benzene rings is 1. The Labute approximate surface area is 142 Å². The molecule has 0 atom stereocenters. The molecule has 0 spiro atoms. The maximum atomic E-state index is 12.5. The first-order valence-electron chi connectivity index (χ1n) is 7.70. The summed E-state index contributed by atoms with van der Waals surface area (Å²) >= 11 is 0. The predicted molar refractivity (Wildman–Crippen MR) is 90.4 cm³/mol. The Hall–Kier alpha value is -1.93. The third-order valence-corrected chi connectivity index (χ3v) is 5.62. The summed E-state index contributed by atoms with van der Waals surface area (Å²) in [6, 6.07) is 5.46. The van der Waals surface area contributed by atoms with Crippen LogP contribution in [-0.4, -0.2) is 60.8 Å². The fourth-order valence-electron chi connectivity index (χ4n) is 2.10. The SMILES string of the molecule is CCCN(CC(=O)O)C(=O)c1cccc(S(=O)(=O)N(C)C(C)C)c1. The molecular formula is C16H24N2O5S. The predicted octanol–water partition coefficient (Wildman–Crippen LogP) is 1.65. The quantitative estimate of drug-likeness (QED) is 0.764. The van der Waals surface area contributed by atoms with Gasteiger partial charge in [-0.05, 0) is 38.5 Å². The highest BCUT2D eigenvalue weighted by atomic mass is 32.2. The van der Waals surface area contributed by atoms with Gasteiger partial charge in [-0.1, -0.05) is 13.0 Å². The molecule has 0 heterocycles. The van der Waals surface area contributed by atoms with Crippen LogP contribution >= 0.6 is 0 Å². The number of carbonyl (C=O) groups excluding carboxylic acids is 1. The minimum atomic E-state index is -3.71. The largest absolute Gasteiger partial charge is 0.480 e. The summed E-state index contributed by atoms with van der Waals surface area (Å²) in [5.74, 6) is -1.61. The maximum Gasteiger partial charge on any atom is 0.323 e. The van der Waals surface area contributed by atoms with E-state index < -0.39 is 28.4 Å². The van der Waals surface area contributed by atoms with Gasteiger partial charge in [-0.25, -0.2) is 8.42 Å². The minimum absolute atomic E-state index is 0.0105. The Bertz CT molecular complexity index is 700. The van der Waals surface area contributed by atoms with Crippen LogP contribution in [0.3, 0.4) is 0 Å². The van der Waals surface area contributed by atoms with E-state index in [4.69, 9.17) is 5.11 Å². The Kier molecular flexibility index (Phi) is 6.92. The lowest BCUT2D eigenvalue weighted by atomic mass is 10.2. The second kappa shape index (κ2) is 8.25. The summed E-state index contributed by atoms with van der Waals surface area (Å²) in [6.45, 7) is 5.20. The molecular weight excluding hydrogens is 332 g/mol. The fraction of sp³-hybridized carbons (Fsp3) is 0.500. The molecule has 1 N–H and O–H groups in total. The number of carboxylic acids is 1. The number of carbonyl (C=O) groups is 2. The van der Waals surface area contributed by atoms with Crippen LogP contribution in [0.15, 0.2) is 29.2 Å². The maximum absolute atomic E-state index is 12.5. The second-order valence-corrected chi connectivity index (χ2v) is 7.76. The van der Waals surface area contributed by atoms with Crippen molar-refractivity contribution in [2.24, 2.45) is 0 Å². The van der Waals surface area contributed by atoms with Gasteiger partial charge in [0.2, 0.25) is 10.0 Å². The second-order valence-electron chi connectivity index (χ2n) is 5.76. The van der Waals surface area contributed by atoms with E-state index in [1.807, 2.05) is 6.92 Å². The number of hydrogen-bond acceptors (Lipinski definition) is 4. The molecule has 1 aromatic rings. The van der Waals surface area contributed by atoms with Crippen LogP contribution in [0.25, 0.3) is 0 Å². The lowest BCUT2D eigenvalue weighted by Gasteiger charge is -2.22. The van der Waals surface area contributed by atoms with Crippen LogP contribution in [0.1, 0.15) is 37.6 Å². The Morgan fingerprint density at radius 1 is 1.25 bits per heavy atom. The van der Waals surface area contributed by atoms with Gasteiger partial charge < -0.3 is 10.0 Å². The summed E-state index contributed by atoms with van der Waals surface area (Å²) in [5.41, 5.74) is 0.155. The molecule has 134 valence electrons. The molecule has 0 aliphatic rings. The van der Waals surface area contributed by atoms with Crippen molar-refractivity contribution in [3.05, 3.63) is 29.8 Å². The van der Waals surface area contributed by atoms with Crippen molar-refractivity contribution >= 4 is 21.9 Å². The number of amides is 1. The Morgan fingerprint density at radius 2 is 1.88 bits per heavy atom. The van der Waals surface area contributed by atoms with Gasteiger partial charge in [0.1, 0.15) is 6.54 Å². The summed E-state index contributed by atoms with van der Waals surface area (Å²) in [6.07, 6.45) is 0.604.